The number of nitrogens with zero attached hydrogens (tertiary/aromatic N) is 2. The molecule has 3 aromatic rings. The van der Waals surface area contributed by atoms with E-state index >= 15 is 0 Å². The zero-order chi connectivity index (χ0) is 21.0. The summed E-state index contributed by atoms with van der Waals surface area (Å²) >= 11 is 0. The molecule has 7 nitrogen and oxygen atoms in total. The first-order chi connectivity index (χ1) is 15.3. The summed E-state index contributed by atoms with van der Waals surface area (Å²) in [4.78, 5) is 19.6. The maximum atomic E-state index is 12.5. The van der Waals surface area contributed by atoms with E-state index in [4.69, 9.17) is 19.2 Å². The topological polar surface area (TPSA) is 72.9 Å². The number of aromatic nitrogens is 1. The second kappa shape index (κ2) is 8.71. The first-order valence-corrected chi connectivity index (χ1v) is 10.7. The monoisotopic (exact) mass is 419 g/mol. The van der Waals surface area contributed by atoms with Crippen LogP contribution in [0.15, 0.2) is 48.5 Å². The highest BCUT2D eigenvalue weighted by Crippen LogP contribution is 2.32. The van der Waals surface area contributed by atoms with Gasteiger partial charge >= 0.3 is 0 Å². The van der Waals surface area contributed by atoms with Gasteiger partial charge in [0.2, 0.25) is 0 Å². The second-order valence-electron chi connectivity index (χ2n) is 7.74. The van der Waals surface area contributed by atoms with Crippen molar-refractivity contribution in [2.45, 2.75) is 19.3 Å². The number of pyridine rings is 1. The Kier molecular flexibility index (Phi) is 5.48. The van der Waals surface area contributed by atoms with Gasteiger partial charge < -0.3 is 24.4 Å². The molecule has 31 heavy (non-hydrogen) atoms. The molecule has 0 radical (unpaired) electrons. The highest BCUT2D eigenvalue weighted by Gasteiger charge is 2.15. The van der Waals surface area contributed by atoms with Crippen molar-refractivity contribution in [3.8, 4) is 17.2 Å². The number of benzene rings is 2. The summed E-state index contributed by atoms with van der Waals surface area (Å²) in [5.41, 5.74) is 1.42. The van der Waals surface area contributed by atoms with E-state index in [2.05, 4.69) is 22.3 Å². The minimum absolute atomic E-state index is 0.108. The molecule has 1 saturated heterocycles. The van der Waals surface area contributed by atoms with Crippen LogP contribution in [0.3, 0.4) is 0 Å². The van der Waals surface area contributed by atoms with Crippen molar-refractivity contribution in [3.05, 3.63) is 48.5 Å². The molecule has 160 valence electrons. The molecule has 7 heteroatoms. The number of para-hydroxylation sites is 1. The molecule has 2 aliphatic heterocycles. The van der Waals surface area contributed by atoms with Crippen molar-refractivity contribution in [1.82, 2.24) is 4.98 Å². The fourth-order valence-electron chi connectivity index (χ4n) is 3.99. The van der Waals surface area contributed by atoms with Crippen molar-refractivity contribution in [1.29, 1.82) is 0 Å². The van der Waals surface area contributed by atoms with Crippen LogP contribution in [-0.2, 0) is 4.79 Å². The molecule has 0 aliphatic carbocycles. The summed E-state index contributed by atoms with van der Waals surface area (Å²) < 4.78 is 16.9. The minimum Gasteiger partial charge on any atom is -0.486 e. The van der Waals surface area contributed by atoms with Gasteiger partial charge in [0.1, 0.15) is 30.3 Å². The Morgan fingerprint density at radius 1 is 1.00 bits per heavy atom. The van der Waals surface area contributed by atoms with E-state index in [1.165, 1.54) is 19.3 Å². The maximum Gasteiger partial charge on any atom is 0.262 e. The lowest BCUT2D eigenvalue weighted by Gasteiger charge is -2.28. The van der Waals surface area contributed by atoms with Gasteiger partial charge in [0.15, 0.2) is 18.1 Å². The van der Waals surface area contributed by atoms with Crippen LogP contribution in [0.2, 0.25) is 0 Å². The Morgan fingerprint density at radius 3 is 2.71 bits per heavy atom. The number of fused-ring (bicyclic) bond motifs is 2. The average Bonchev–Trinajstić information content (AvgIpc) is 2.83. The summed E-state index contributed by atoms with van der Waals surface area (Å²) in [5, 5.41) is 3.84. The largest absolute Gasteiger partial charge is 0.486 e. The standard InChI is InChI=1S/C24H25N3O4/c28-23(25-18-8-9-19-21(15-18)30-14-13-29-19)16-31-20-6-4-5-17-7-10-22(26-24(17)20)27-11-2-1-3-12-27/h4-10,15H,1-3,11-14,16H2,(H,25,28). The molecule has 2 aliphatic rings. The van der Waals surface area contributed by atoms with Gasteiger partial charge in [-0.1, -0.05) is 12.1 Å². The number of ether oxygens (including phenoxy) is 3. The van der Waals surface area contributed by atoms with Crippen LogP contribution < -0.4 is 24.4 Å². The van der Waals surface area contributed by atoms with Gasteiger partial charge in [0, 0.05) is 30.2 Å². The lowest BCUT2D eigenvalue weighted by atomic mass is 10.1. The number of anilines is 2. The van der Waals surface area contributed by atoms with E-state index in [1.54, 1.807) is 18.2 Å². The molecule has 0 spiro atoms. The summed E-state index contributed by atoms with van der Waals surface area (Å²) in [6.45, 7) is 2.98. The van der Waals surface area contributed by atoms with E-state index < -0.39 is 0 Å². The first kappa shape index (κ1) is 19.5. The normalized spacial score (nSPS) is 15.5. The van der Waals surface area contributed by atoms with Crippen LogP contribution in [-0.4, -0.2) is 43.8 Å². The molecule has 0 unspecified atom stereocenters. The fraction of sp³-hybridized carbons (Fsp3) is 0.333. The van der Waals surface area contributed by atoms with Crippen molar-refractivity contribution in [3.63, 3.8) is 0 Å². The third-order valence-corrected chi connectivity index (χ3v) is 5.53. The molecule has 3 heterocycles. The van der Waals surface area contributed by atoms with Gasteiger partial charge in [-0.05, 0) is 49.6 Å². The summed E-state index contributed by atoms with van der Waals surface area (Å²) in [7, 11) is 0. The van der Waals surface area contributed by atoms with E-state index in [9.17, 15) is 4.79 Å². The summed E-state index contributed by atoms with van der Waals surface area (Å²) in [6, 6.07) is 15.2. The van der Waals surface area contributed by atoms with Crippen LogP contribution in [0.25, 0.3) is 10.9 Å². The Bertz CT molecular complexity index is 1100. The molecule has 1 aromatic heterocycles. The van der Waals surface area contributed by atoms with Gasteiger partial charge in [-0.25, -0.2) is 4.98 Å². The zero-order valence-electron chi connectivity index (χ0n) is 17.3. The number of hydrogen-bond donors (Lipinski definition) is 1. The van der Waals surface area contributed by atoms with Gasteiger partial charge in [-0.3, -0.25) is 4.79 Å². The van der Waals surface area contributed by atoms with Gasteiger partial charge in [0.05, 0.1) is 0 Å². The Balaban J connectivity index is 1.28. The quantitative estimate of drug-likeness (QED) is 0.674. The Hall–Kier alpha value is -3.48. The molecule has 1 fully saturated rings. The molecular weight excluding hydrogens is 394 g/mol. The van der Waals surface area contributed by atoms with Crippen LogP contribution in [0.5, 0.6) is 17.2 Å². The molecule has 0 atom stereocenters. The second-order valence-corrected chi connectivity index (χ2v) is 7.74. The molecule has 0 bridgehead atoms. The predicted octanol–water partition coefficient (Wildman–Crippen LogP) is 4.01. The summed E-state index contributed by atoms with van der Waals surface area (Å²) in [5.74, 6) is 2.64. The lowest BCUT2D eigenvalue weighted by Crippen LogP contribution is -2.30. The predicted molar refractivity (Wildman–Crippen MR) is 119 cm³/mol. The molecule has 0 saturated carbocycles. The minimum atomic E-state index is -0.249. The highest BCUT2D eigenvalue weighted by molar-refractivity contribution is 5.93. The number of amides is 1. The summed E-state index contributed by atoms with van der Waals surface area (Å²) in [6.07, 6.45) is 3.66. The van der Waals surface area contributed by atoms with Crippen LogP contribution in [0.1, 0.15) is 19.3 Å². The van der Waals surface area contributed by atoms with E-state index in [0.717, 1.165) is 29.8 Å². The van der Waals surface area contributed by atoms with E-state index in [1.807, 2.05) is 18.2 Å². The Labute approximate surface area is 180 Å². The number of rotatable bonds is 5. The molecule has 1 N–H and O–H groups in total. The van der Waals surface area contributed by atoms with Gasteiger partial charge in [0.25, 0.3) is 5.91 Å². The maximum absolute atomic E-state index is 12.5. The smallest absolute Gasteiger partial charge is 0.262 e. The number of piperidine rings is 1. The SMILES string of the molecule is O=C(COc1cccc2ccc(N3CCCCC3)nc12)Nc1ccc2c(c1)OCCO2. The fourth-order valence-corrected chi connectivity index (χ4v) is 3.99. The highest BCUT2D eigenvalue weighted by atomic mass is 16.6. The van der Waals surface area contributed by atoms with Crippen molar-refractivity contribution < 1.29 is 19.0 Å². The van der Waals surface area contributed by atoms with E-state index in [-0.39, 0.29) is 12.5 Å². The molecule has 2 aromatic carbocycles. The lowest BCUT2D eigenvalue weighted by molar-refractivity contribution is -0.118. The van der Waals surface area contributed by atoms with E-state index in [0.29, 0.717) is 36.1 Å². The Morgan fingerprint density at radius 2 is 1.84 bits per heavy atom. The molecule has 5 rings (SSSR count). The first-order valence-electron chi connectivity index (χ1n) is 10.7. The van der Waals surface area contributed by atoms with Crippen molar-refractivity contribution in [2.24, 2.45) is 0 Å². The van der Waals surface area contributed by atoms with Gasteiger partial charge in [-0.2, -0.15) is 0 Å². The number of carbonyl (C=O) groups excluding carboxylic acids is 1. The third-order valence-electron chi connectivity index (χ3n) is 5.53. The average molecular weight is 419 g/mol. The number of carbonyl (C=O) groups is 1. The van der Waals surface area contributed by atoms with Crippen molar-refractivity contribution in [2.75, 3.05) is 43.1 Å². The van der Waals surface area contributed by atoms with Crippen LogP contribution in [0.4, 0.5) is 11.5 Å². The van der Waals surface area contributed by atoms with Crippen LogP contribution in [0, 0.1) is 0 Å². The zero-order valence-corrected chi connectivity index (χ0v) is 17.3. The number of hydrogen-bond acceptors (Lipinski definition) is 6. The van der Waals surface area contributed by atoms with Crippen LogP contribution >= 0.6 is 0 Å². The van der Waals surface area contributed by atoms with Gasteiger partial charge in [-0.15, -0.1) is 0 Å². The third kappa shape index (κ3) is 4.35. The molecule has 1 amide bonds. The molecular formula is C24H25N3O4. The number of nitrogens with one attached hydrogen (secondary N) is 1. The van der Waals surface area contributed by atoms with Crippen molar-refractivity contribution >= 4 is 28.3 Å².